The van der Waals surface area contributed by atoms with Gasteiger partial charge in [-0.1, -0.05) is 17.3 Å². The van der Waals surface area contributed by atoms with Gasteiger partial charge in [0.2, 0.25) is 5.91 Å². The highest BCUT2D eigenvalue weighted by atomic mass is 19.4. The van der Waals surface area contributed by atoms with Gasteiger partial charge in [0, 0.05) is 37.8 Å². The Morgan fingerprint density at radius 1 is 1.00 bits per heavy atom. The van der Waals surface area contributed by atoms with Gasteiger partial charge in [-0.15, -0.1) is 18.3 Å². The number of ether oxygens (including phenoxy) is 1. The van der Waals surface area contributed by atoms with Crippen LogP contribution < -0.4 is 4.74 Å². The van der Waals surface area contributed by atoms with E-state index >= 15 is 0 Å². The maximum atomic E-state index is 13.1. The number of rotatable bonds is 4. The Kier molecular flexibility index (Phi) is 6.38. The van der Waals surface area contributed by atoms with E-state index in [0.29, 0.717) is 54.7 Å². The number of halogens is 3. The zero-order valence-electron chi connectivity index (χ0n) is 19.2. The van der Waals surface area contributed by atoms with Crippen LogP contribution in [0.3, 0.4) is 0 Å². The minimum atomic E-state index is -4.74. The number of aromatic nitrogens is 3. The Morgan fingerprint density at radius 3 is 2.36 bits per heavy atom. The Hall–Kier alpha value is -3.89. The summed E-state index contributed by atoms with van der Waals surface area (Å²) in [6, 6.07) is 10.7. The number of nitrogens with one attached hydrogen (secondary N) is 1. The maximum absolute atomic E-state index is 13.1. The molecule has 3 heterocycles. The molecule has 188 valence electrons. The van der Waals surface area contributed by atoms with E-state index in [1.54, 1.807) is 29.2 Å². The SMILES string of the molecule is O=C(/C=C/c1ccc(OC(F)(F)F)cc1)N1CCC2CN(C(=O)c3ccc4[nH]nnc4c3)C[C@H]2CC1. The Labute approximate surface area is 204 Å². The van der Waals surface area contributed by atoms with Crippen molar-refractivity contribution in [1.82, 2.24) is 25.2 Å². The Morgan fingerprint density at radius 2 is 1.69 bits per heavy atom. The minimum Gasteiger partial charge on any atom is -0.406 e. The predicted molar refractivity (Wildman–Crippen MR) is 125 cm³/mol. The van der Waals surface area contributed by atoms with Crippen molar-refractivity contribution in [3.8, 4) is 5.75 Å². The number of H-pyrrole nitrogens is 1. The van der Waals surface area contributed by atoms with Gasteiger partial charge in [-0.2, -0.15) is 0 Å². The number of amides is 2. The molecule has 0 radical (unpaired) electrons. The lowest BCUT2D eigenvalue weighted by molar-refractivity contribution is -0.274. The third-order valence-electron chi connectivity index (χ3n) is 6.82. The summed E-state index contributed by atoms with van der Waals surface area (Å²) >= 11 is 0. The number of carbonyl (C=O) groups excluding carboxylic acids is 2. The zero-order valence-corrected chi connectivity index (χ0v) is 19.2. The summed E-state index contributed by atoms with van der Waals surface area (Å²) in [6.07, 6.45) is -0.109. The number of hydrogen-bond acceptors (Lipinski definition) is 5. The number of nitrogens with zero attached hydrogens (tertiary/aromatic N) is 4. The molecular formula is C25H24F3N5O3. The third-order valence-corrected chi connectivity index (χ3v) is 6.82. The van der Waals surface area contributed by atoms with Crippen LogP contribution in [-0.2, 0) is 4.79 Å². The second-order valence-corrected chi connectivity index (χ2v) is 9.13. The van der Waals surface area contributed by atoms with Gasteiger partial charge in [-0.3, -0.25) is 14.7 Å². The molecule has 2 fully saturated rings. The van der Waals surface area contributed by atoms with Crippen LogP contribution in [0.1, 0.15) is 28.8 Å². The highest BCUT2D eigenvalue weighted by Gasteiger charge is 2.37. The van der Waals surface area contributed by atoms with Gasteiger partial charge in [-0.25, -0.2) is 0 Å². The standard InChI is InChI=1S/C25H24F3N5O3/c26-25(27,28)36-20-5-1-16(2-6-20)3-8-23(34)32-11-9-18-14-33(15-19(18)10-12-32)24(35)17-4-7-21-22(13-17)30-31-29-21/h1-8,13,18-19H,9-12,14-15H2,(H,29,30,31)/b8-3+/t18-,19?/m1/s1. The molecule has 2 saturated heterocycles. The number of benzene rings is 2. The van der Waals surface area contributed by atoms with E-state index in [9.17, 15) is 22.8 Å². The molecule has 8 nitrogen and oxygen atoms in total. The van der Waals surface area contributed by atoms with Gasteiger partial charge in [0.15, 0.2) is 0 Å². The van der Waals surface area contributed by atoms with Crippen LogP contribution in [0.25, 0.3) is 17.1 Å². The molecule has 2 amide bonds. The van der Waals surface area contributed by atoms with E-state index in [1.165, 1.54) is 30.3 Å². The van der Waals surface area contributed by atoms with Crippen molar-refractivity contribution in [2.75, 3.05) is 26.2 Å². The molecule has 0 bridgehead atoms. The molecule has 0 aliphatic carbocycles. The first-order chi connectivity index (χ1) is 17.2. The number of alkyl halides is 3. The van der Waals surface area contributed by atoms with Crippen molar-refractivity contribution in [2.45, 2.75) is 19.2 Å². The van der Waals surface area contributed by atoms with E-state index in [2.05, 4.69) is 20.1 Å². The third kappa shape index (κ3) is 5.34. The van der Waals surface area contributed by atoms with Crippen LogP contribution in [-0.4, -0.2) is 69.6 Å². The molecular weight excluding hydrogens is 475 g/mol. The monoisotopic (exact) mass is 499 g/mol. The molecule has 2 aliphatic heterocycles. The maximum Gasteiger partial charge on any atom is 0.573 e. The molecule has 0 saturated carbocycles. The summed E-state index contributed by atoms with van der Waals surface area (Å²) < 4.78 is 40.7. The summed E-state index contributed by atoms with van der Waals surface area (Å²) in [5, 5.41) is 10.5. The highest BCUT2D eigenvalue weighted by molar-refractivity contribution is 5.97. The second-order valence-electron chi connectivity index (χ2n) is 9.13. The van der Waals surface area contributed by atoms with Crippen molar-refractivity contribution >= 4 is 28.9 Å². The van der Waals surface area contributed by atoms with Crippen LogP contribution in [0.4, 0.5) is 13.2 Å². The fraction of sp³-hybridized carbons (Fsp3) is 0.360. The number of aromatic amines is 1. The van der Waals surface area contributed by atoms with E-state index in [1.807, 2.05) is 4.90 Å². The molecule has 0 spiro atoms. The lowest BCUT2D eigenvalue weighted by atomic mass is 9.92. The number of hydrogen-bond donors (Lipinski definition) is 1. The van der Waals surface area contributed by atoms with Crippen molar-refractivity contribution in [2.24, 2.45) is 11.8 Å². The van der Waals surface area contributed by atoms with Crippen molar-refractivity contribution in [1.29, 1.82) is 0 Å². The molecule has 3 aromatic rings. The van der Waals surface area contributed by atoms with Gasteiger partial charge < -0.3 is 14.5 Å². The zero-order chi connectivity index (χ0) is 25.3. The molecule has 2 aromatic carbocycles. The van der Waals surface area contributed by atoms with Crippen molar-refractivity contribution in [3.05, 3.63) is 59.7 Å². The summed E-state index contributed by atoms with van der Waals surface area (Å²) in [7, 11) is 0. The van der Waals surface area contributed by atoms with Gasteiger partial charge in [0.1, 0.15) is 11.3 Å². The molecule has 1 N–H and O–H groups in total. The van der Waals surface area contributed by atoms with Gasteiger partial charge in [0.05, 0.1) is 5.52 Å². The number of likely N-dealkylation sites (tertiary alicyclic amines) is 2. The average Bonchev–Trinajstić information content (AvgIpc) is 3.44. The number of fused-ring (bicyclic) bond motifs is 2. The lowest BCUT2D eigenvalue weighted by Gasteiger charge is -2.21. The lowest BCUT2D eigenvalue weighted by Crippen LogP contribution is -2.33. The minimum absolute atomic E-state index is 0.0181. The highest BCUT2D eigenvalue weighted by Crippen LogP contribution is 2.33. The predicted octanol–water partition coefficient (Wildman–Crippen LogP) is 3.88. The summed E-state index contributed by atoms with van der Waals surface area (Å²) in [5.41, 5.74) is 2.63. The van der Waals surface area contributed by atoms with Gasteiger partial charge >= 0.3 is 6.36 Å². The van der Waals surface area contributed by atoms with Gasteiger partial charge in [0.25, 0.3) is 5.91 Å². The molecule has 36 heavy (non-hydrogen) atoms. The number of carbonyl (C=O) groups is 2. The van der Waals surface area contributed by atoms with Crippen LogP contribution in [0, 0.1) is 11.8 Å². The smallest absolute Gasteiger partial charge is 0.406 e. The summed E-state index contributed by atoms with van der Waals surface area (Å²) in [6.45, 7) is 2.50. The van der Waals surface area contributed by atoms with Crippen LogP contribution in [0.5, 0.6) is 5.75 Å². The topological polar surface area (TPSA) is 91.4 Å². The molecule has 2 atom stereocenters. The van der Waals surface area contributed by atoms with E-state index in [4.69, 9.17) is 0 Å². The fourth-order valence-electron chi connectivity index (χ4n) is 4.94. The van der Waals surface area contributed by atoms with Crippen LogP contribution >= 0.6 is 0 Å². The van der Waals surface area contributed by atoms with Gasteiger partial charge in [-0.05, 0) is 66.6 Å². The quantitative estimate of drug-likeness (QED) is 0.551. The normalized spacial score (nSPS) is 20.5. The largest absolute Gasteiger partial charge is 0.573 e. The van der Waals surface area contributed by atoms with E-state index in [0.717, 1.165) is 18.4 Å². The van der Waals surface area contributed by atoms with Crippen molar-refractivity contribution in [3.63, 3.8) is 0 Å². The van der Waals surface area contributed by atoms with E-state index < -0.39 is 6.36 Å². The van der Waals surface area contributed by atoms with E-state index in [-0.39, 0.29) is 17.6 Å². The first-order valence-electron chi connectivity index (χ1n) is 11.7. The van der Waals surface area contributed by atoms with Crippen molar-refractivity contribution < 1.29 is 27.5 Å². The molecule has 1 unspecified atom stereocenters. The first-order valence-corrected chi connectivity index (χ1v) is 11.7. The molecule has 1 aromatic heterocycles. The summed E-state index contributed by atoms with van der Waals surface area (Å²) in [5.74, 6) is 0.187. The fourth-order valence-corrected chi connectivity index (χ4v) is 4.94. The Balaban J connectivity index is 1.15. The summed E-state index contributed by atoms with van der Waals surface area (Å²) in [4.78, 5) is 29.5. The molecule has 5 rings (SSSR count). The molecule has 11 heteroatoms. The van der Waals surface area contributed by atoms with Crippen LogP contribution in [0.2, 0.25) is 0 Å². The average molecular weight is 499 g/mol. The second kappa shape index (κ2) is 9.63. The Bertz CT molecular complexity index is 1270. The first kappa shape index (κ1) is 23.8. The van der Waals surface area contributed by atoms with Crippen LogP contribution in [0.15, 0.2) is 48.5 Å². The molecule has 2 aliphatic rings.